The molecule has 1 saturated heterocycles. The second kappa shape index (κ2) is 6.15. The maximum Gasteiger partial charge on any atom is 0.379 e. The van der Waals surface area contributed by atoms with E-state index in [-0.39, 0.29) is 29.8 Å². The van der Waals surface area contributed by atoms with E-state index in [1.807, 2.05) is 0 Å². The second-order valence-electron chi connectivity index (χ2n) is 4.51. The van der Waals surface area contributed by atoms with Crippen LogP contribution in [0.25, 0.3) is 0 Å². The van der Waals surface area contributed by atoms with Crippen molar-refractivity contribution in [3.05, 3.63) is 28.2 Å². The number of rotatable bonds is 5. The molecule has 8 heteroatoms. The van der Waals surface area contributed by atoms with Gasteiger partial charge in [0.1, 0.15) is 11.9 Å². The average molecular weight is 377 g/mol. The molecule has 1 aliphatic rings. The minimum atomic E-state index is -2.96. The quantitative estimate of drug-likeness (QED) is 0.438. The van der Waals surface area contributed by atoms with E-state index in [1.54, 1.807) is 6.92 Å². The van der Waals surface area contributed by atoms with Gasteiger partial charge in [-0.05, 0) is 41.1 Å². The van der Waals surface area contributed by atoms with Crippen molar-refractivity contribution in [3.8, 4) is 5.75 Å². The van der Waals surface area contributed by atoms with Crippen LogP contribution in [0.4, 0.5) is 0 Å². The molecular weight excluding hydrogens is 364 g/mol. The Labute approximate surface area is 130 Å². The van der Waals surface area contributed by atoms with Crippen LogP contribution in [0.2, 0.25) is 0 Å². The summed E-state index contributed by atoms with van der Waals surface area (Å²) in [6.45, 7) is 1.74. The molecule has 0 N–H and O–H groups in total. The Morgan fingerprint density at radius 2 is 2.00 bits per heavy atom. The first-order chi connectivity index (χ1) is 9.82. The van der Waals surface area contributed by atoms with Crippen molar-refractivity contribution in [2.45, 2.75) is 13.0 Å². The van der Waals surface area contributed by atoms with E-state index >= 15 is 0 Å². The third-order valence-electron chi connectivity index (χ3n) is 2.83. The fraction of sp³-hybridized carbons (Fsp3) is 0.385. The summed E-state index contributed by atoms with van der Waals surface area (Å²) >= 11 is 3.24. The van der Waals surface area contributed by atoms with Crippen LogP contribution >= 0.6 is 15.9 Å². The lowest BCUT2D eigenvalue weighted by atomic mass is 10.1. The van der Waals surface area contributed by atoms with Gasteiger partial charge in [0.05, 0.1) is 22.6 Å². The largest absolute Gasteiger partial charge is 0.487 e. The Bertz CT molecular complexity index is 670. The Kier molecular flexibility index (Phi) is 4.67. The second-order valence-corrected chi connectivity index (χ2v) is 7.52. The molecule has 1 aliphatic heterocycles. The normalized spacial score (nSPS) is 16.9. The van der Waals surface area contributed by atoms with Gasteiger partial charge in [-0.1, -0.05) is 0 Å². The third-order valence-corrected chi connectivity index (χ3v) is 5.21. The van der Waals surface area contributed by atoms with E-state index in [2.05, 4.69) is 20.7 Å². The molecular formula is C13H13BrO6S. The fourth-order valence-corrected chi connectivity index (χ4v) is 3.46. The molecule has 0 aromatic heterocycles. The number of Topliss-reactive ketones (excluding diaryl/α,β-unsaturated/α-hetero) is 1. The summed E-state index contributed by atoms with van der Waals surface area (Å²) in [6.07, 6.45) is -0.377. The van der Waals surface area contributed by atoms with Crippen LogP contribution in [0.3, 0.4) is 0 Å². The van der Waals surface area contributed by atoms with Crippen molar-refractivity contribution in [1.82, 2.24) is 0 Å². The van der Waals surface area contributed by atoms with Crippen molar-refractivity contribution in [1.29, 1.82) is 0 Å². The Morgan fingerprint density at radius 1 is 1.33 bits per heavy atom. The van der Waals surface area contributed by atoms with E-state index in [0.717, 1.165) is 0 Å². The number of ether oxygens (including phenoxy) is 2. The molecule has 1 fully saturated rings. The molecule has 114 valence electrons. The van der Waals surface area contributed by atoms with Gasteiger partial charge < -0.3 is 9.47 Å². The molecule has 21 heavy (non-hydrogen) atoms. The summed E-state index contributed by atoms with van der Waals surface area (Å²) in [5.74, 6) is -1.25. The molecule has 2 rings (SSSR count). The molecule has 0 unspecified atom stereocenters. The minimum absolute atomic E-state index is 0.0110. The molecule has 1 heterocycles. The van der Waals surface area contributed by atoms with E-state index in [9.17, 15) is 18.0 Å². The van der Waals surface area contributed by atoms with Crippen LogP contribution in [0.1, 0.15) is 17.3 Å². The highest BCUT2D eigenvalue weighted by Crippen LogP contribution is 2.29. The third kappa shape index (κ3) is 3.82. The Hall–Kier alpha value is -1.41. The summed E-state index contributed by atoms with van der Waals surface area (Å²) in [6, 6.07) is 4.40. The predicted molar refractivity (Wildman–Crippen MR) is 78.2 cm³/mol. The highest BCUT2D eigenvalue weighted by atomic mass is 79.9. The van der Waals surface area contributed by atoms with E-state index in [0.29, 0.717) is 10.2 Å². The zero-order valence-electron chi connectivity index (χ0n) is 11.2. The smallest absolute Gasteiger partial charge is 0.379 e. The number of hydrogen-bond donors (Lipinski definition) is 0. The van der Waals surface area contributed by atoms with Crippen LogP contribution in [-0.2, 0) is 19.4 Å². The monoisotopic (exact) mass is 376 g/mol. The molecule has 6 nitrogen and oxygen atoms in total. The van der Waals surface area contributed by atoms with Gasteiger partial charge in [0, 0.05) is 5.56 Å². The van der Waals surface area contributed by atoms with Gasteiger partial charge in [-0.2, -0.15) is 0 Å². The maximum absolute atomic E-state index is 11.8. The lowest BCUT2D eigenvalue weighted by molar-refractivity contribution is -0.137. The van der Waals surface area contributed by atoms with Crippen molar-refractivity contribution < 1.29 is 27.5 Å². The summed E-state index contributed by atoms with van der Waals surface area (Å²) in [7, 11) is -2.96. The van der Waals surface area contributed by atoms with Crippen molar-refractivity contribution in [2.24, 2.45) is 0 Å². The van der Waals surface area contributed by atoms with E-state index in [1.165, 1.54) is 18.2 Å². The van der Waals surface area contributed by atoms with Crippen molar-refractivity contribution in [3.63, 3.8) is 0 Å². The van der Waals surface area contributed by atoms with Crippen molar-refractivity contribution >= 4 is 37.5 Å². The lowest BCUT2D eigenvalue weighted by Gasteiger charge is -2.27. The number of hydrogen-bond acceptors (Lipinski definition) is 6. The van der Waals surface area contributed by atoms with Gasteiger partial charge in [0.25, 0.3) is 5.78 Å². The number of carbonyl (C=O) groups excluding carboxylic acids is 2. The molecule has 0 saturated carbocycles. The van der Waals surface area contributed by atoms with Crippen LogP contribution < -0.4 is 4.74 Å². The maximum atomic E-state index is 11.8. The number of ketones is 1. The van der Waals surface area contributed by atoms with E-state index in [4.69, 9.17) is 4.74 Å². The van der Waals surface area contributed by atoms with Gasteiger partial charge in [0.15, 0.2) is 9.84 Å². The average Bonchev–Trinajstić information content (AvgIpc) is 2.38. The molecule has 0 bridgehead atoms. The molecule has 0 radical (unpaired) electrons. The van der Waals surface area contributed by atoms with Gasteiger partial charge in [-0.25, -0.2) is 13.2 Å². The van der Waals surface area contributed by atoms with Crippen LogP contribution in [-0.4, -0.2) is 44.4 Å². The molecule has 1 aromatic rings. The topological polar surface area (TPSA) is 86.7 Å². The number of sulfone groups is 1. The molecule has 0 amide bonds. The fourth-order valence-electron chi connectivity index (χ4n) is 1.82. The summed E-state index contributed by atoms with van der Waals surface area (Å²) in [4.78, 5) is 23.1. The SMILES string of the molecule is CCOC(=O)C(=O)c1ccc(OC2CS(=O)(=O)C2)c(Br)c1. The number of esters is 1. The molecule has 0 atom stereocenters. The molecule has 1 aromatic carbocycles. The lowest BCUT2D eigenvalue weighted by Crippen LogP contribution is -2.45. The van der Waals surface area contributed by atoms with Crippen LogP contribution in [0, 0.1) is 0 Å². The number of halogens is 1. The summed E-state index contributed by atoms with van der Waals surface area (Å²) in [5.41, 5.74) is 0.175. The van der Waals surface area contributed by atoms with Gasteiger partial charge >= 0.3 is 5.97 Å². The Morgan fingerprint density at radius 3 is 2.52 bits per heavy atom. The van der Waals surface area contributed by atoms with Crippen LogP contribution in [0.15, 0.2) is 22.7 Å². The van der Waals surface area contributed by atoms with Gasteiger partial charge in [-0.15, -0.1) is 0 Å². The number of benzene rings is 1. The minimum Gasteiger partial charge on any atom is -0.487 e. The summed E-state index contributed by atoms with van der Waals surface area (Å²) in [5, 5.41) is 0. The van der Waals surface area contributed by atoms with Crippen molar-refractivity contribution in [2.75, 3.05) is 18.1 Å². The van der Waals surface area contributed by atoms with Gasteiger partial charge in [-0.3, -0.25) is 4.79 Å². The molecule has 0 spiro atoms. The molecule has 0 aliphatic carbocycles. The highest BCUT2D eigenvalue weighted by molar-refractivity contribution is 9.10. The predicted octanol–water partition coefficient (Wildman–Crippen LogP) is 1.37. The Balaban J connectivity index is 2.07. The summed E-state index contributed by atoms with van der Waals surface area (Å²) < 4.78 is 32.7. The standard InChI is InChI=1S/C13H13BrO6S/c1-2-19-13(16)12(15)8-3-4-11(10(14)5-8)20-9-6-21(17,18)7-9/h3-5,9H,2,6-7H2,1H3. The highest BCUT2D eigenvalue weighted by Gasteiger charge is 2.35. The van der Waals surface area contributed by atoms with E-state index < -0.39 is 21.6 Å². The zero-order valence-corrected chi connectivity index (χ0v) is 13.6. The first-order valence-electron chi connectivity index (χ1n) is 6.20. The van der Waals surface area contributed by atoms with Crippen LogP contribution in [0.5, 0.6) is 5.75 Å². The zero-order chi connectivity index (χ0) is 15.6. The first kappa shape index (κ1) is 16.0. The number of carbonyl (C=O) groups is 2. The first-order valence-corrected chi connectivity index (χ1v) is 8.82. The van der Waals surface area contributed by atoms with Gasteiger partial charge in [0.2, 0.25) is 0 Å².